The summed E-state index contributed by atoms with van der Waals surface area (Å²) in [5, 5.41) is 2.54. The Balaban J connectivity index is 1.43. The average molecular weight is 465 g/mol. The third-order valence-electron chi connectivity index (χ3n) is 6.09. The summed E-state index contributed by atoms with van der Waals surface area (Å²) in [7, 11) is 0. The van der Waals surface area contributed by atoms with Gasteiger partial charge in [-0.05, 0) is 35.4 Å². The molecule has 0 aliphatic rings. The fraction of sp³-hybridized carbons (Fsp3) is 0.0357. The number of hydrogen-bond acceptors (Lipinski definition) is 3. The fourth-order valence-corrected chi connectivity index (χ4v) is 5.42. The molecule has 0 spiro atoms. The summed E-state index contributed by atoms with van der Waals surface area (Å²) in [5.41, 5.74) is 6.92. The van der Waals surface area contributed by atoms with Gasteiger partial charge in [-0.1, -0.05) is 72.8 Å². The van der Waals surface area contributed by atoms with Crippen molar-refractivity contribution in [2.45, 2.75) is 5.79 Å². The van der Waals surface area contributed by atoms with E-state index < -0.39 is 0 Å². The minimum absolute atomic E-state index is 0.0490. The highest BCUT2D eigenvalue weighted by molar-refractivity contribution is 6.50. The van der Waals surface area contributed by atoms with Crippen LogP contribution in [0.2, 0.25) is 5.79 Å². The predicted octanol–water partition coefficient (Wildman–Crippen LogP) is 4.47. The molecule has 0 amide bonds. The van der Waals surface area contributed by atoms with Crippen LogP contribution in [0.5, 0.6) is 0 Å². The number of para-hydroxylation sites is 2. The number of fused-ring (bicyclic) bond motifs is 3. The highest BCUT2D eigenvalue weighted by Gasteiger charge is 2.12. The third kappa shape index (κ3) is 3.76. The maximum atomic E-state index is 4.63. The molecule has 0 aliphatic heterocycles. The molecule has 0 atom stereocenters. The maximum Gasteiger partial charge on any atom is 0.312 e. The number of benzene rings is 4. The summed E-state index contributed by atoms with van der Waals surface area (Å²) < 4.78 is 3.93. The smallest absolute Gasteiger partial charge is 0.309 e. The summed E-state index contributed by atoms with van der Waals surface area (Å²) in [6, 6.07) is 34.4. The molecule has 4 nitrogen and oxygen atoms in total. The van der Waals surface area contributed by atoms with Gasteiger partial charge in [0.1, 0.15) is 0 Å². The molecule has 3 radical (unpaired) electrons. The van der Waals surface area contributed by atoms with E-state index in [9.17, 15) is 0 Å². The first-order chi connectivity index (χ1) is 16.7. The molecule has 0 aliphatic carbocycles. The second-order valence-electron chi connectivity index (χ2n) is 8.16. The Morgan fingerprint density at radius 2 is 1.29 bits per heavy atom. The monoisotopic (exact) mass is 465 g/mol. The summed E-state index contributed by atoms with van der Waals surface area (Å²) in [4.78, 5) is 13.5. The largest absolute Gasteiger partial charge is 0.312 e. The molecule has 6 heteroatoms. The van der Waals surface area contributed by atoms with Gasteiger partial charge >= 0.3 is 15.2 Å². The van der Waals surface area contributed by atoms with Gasteiger partial charge in [-0.25, -0.2) is 9.97 Å². The zero-order valence-electron chi connectivity index (χ0n) is 18.7. The minimum Gasteiger partial charge on any atom is -0.309 e. The van der Waals surface area contributed by atoms with E-state index in [1.54, 1.807) is 0 Å². The molecular weight excluding hydrogens is 446 g/mol. The molecule has 0 saturated heterocycles. The molecule has 0 saturated carbocycles. The van der Waals surface area contributed by atoms with Gasteiger partial charge in [0.25, 0.3) is 0 Å². The van der Waals surface area contributed by atoms with Crippen LogP contribution in [0.1, 0.15) is 0 Å². The Labute approximate surface area is 212 Å². The van der Waals surface area contributed by atoms with Crippen LogP contribution < -0.4 is 9.37 Å². The van der Waals surface area contributed by atoms with E-state index in [-0.39, 0.29) is 15.2 Å². The molecule has 6 rings (SSSR count). The fourth-order valence-electron chi connectivity index (χ4n) is 4.50. The van der Waals surface area contributed by atoms with Crippen molar-refractivity contribution < 1.29 is 0 Å². The predicted molar refractivity (Wildman–Crippen MR) is 142 cm³/mol. The van der Waals surface area contributed by atoms with Crippen LogP contribution >= 0.6 is 0 Å². The Hall–Kier alpha value is -3.25. The van der Waals surface area contributed by atoms with Gasteiger partial charge in [0.05, 0.1) is 11.0 Å². The molecular formula is C28H19Al2N4. The first-order valence-corrected chi connectivity index (χ1v) is 13.5. The lowest BCUT2D eigenvalue weighted by Crippen LogP contribution is -2.31. The quantitative estimate of drug-likeness (QED) is 0.361. The summed E-state index contributed by atoms with van der Waals surface area (Å²) >= 11 is 2.64. The lowest BCUT2D eigenvalue weighted by Gasteiger charge is -2.11. The Morgan fingerprint density at radius 1 is 0.647 bits per heavy atom. The SMILES string of the molecule is [CH3][Al][c]1n[c]([Al])nc(-c2ccc(-c3cccc(-n4c5ccccc5c5ccccc54)c3)cc2)n1. The van der Waals surface area contributed by atoms with Crippen molar-refractivity contribution in [2.75, 3.05) is 0 Å². The van der Waals surface area contributed by atoms with Crippen molar-refractivity contribution in [1.82, 2.24) is 19.5 Å². The van der Waals surface area contributed by atoms with Crippen LogP contribution in [-0.2, 0) is 0 Å². The minimum atomic E-state index is 0.0490. The van der Waals surface area contributed by atoms with Crippen LogP contribution in [0.15, 0.2) is 97.1 Å². The van der Waals surface area contributed by atoms with E-state index in [1.807, 2.05) is 0 Å². The Kier molecular flexibility index (Phi) is 5.54. The highest BCUT2D eigenvalue weighted by atomic mass is 27.1. The van der Waals surface area contributed by atoms with Gasteiger partial charge in [-0.3, -0.25) is 4.98 Å². The summed E-state index contributed by atoms with van der Waals surface area (Å²) in [6.45, 7) is 0. The van der Waals surface area contributed by atoms with Gasteiger partial charge in [-0.15, -0.1) is 5.79 Å². The third-order valence-corrected chi connectivity index (χ3v) is 7.12. The number of rotatable bonds is 4. The van der Waals surface area contributed by atoms with Gasteiger partial charge in [0.15, 0.2) is 5.82 Å². The van der Waals surface area contributed by atoms with Crippen LogP contribution in [0.4, 0.5) is 0 Å². The zero-order chi connectivity index (χ0) is 23.1. The van der Waals surface area contributed by atoms with Gasteiger partial charge < -0.3 is 4.57 Å². The lowest BCUT2D eigenvalue weighted by atomic mass is 10.0. The van der Waals surface area contributed by atoms with Crippen LogP contribution in [0.25, 0.3) is 50.0 Å². The normalized spacial score (nSPS) is 11.2. The molecule has 0 N–H and O–H groups in total. The van der Waals surface area contributed by atoms with Crippen molar-refractivity contribution >= 4 is 62.7 Å². The topological polar surface area (TPSA) is 43.6 Å². The summed E-state index contributed by atoms with van der Waals surface area (Å²) in [6.07, 6.45) is 0. The maximum absolute atomic E-state index is 4.63. The Bertz CT molecular complexity index is 1600. The van der Waals surface area contributed by atoms with Crippen LogP contribution in [0, 0.1) is 0 Å². The van der Waals surface area contributed by atoms with Crippen LogP contribution in [0.3, 0.4) is 0 Å². The van der Waals surface area contributed by atoms with Gasteiger partial charge in [0, 0.05) is 31.4 Å². The molecule has 34 heavy (non-hydrogen) atoms. The highest BCUT2D eigenvalue weighted by Crippen LogP contribution is 2.33. The van der Waals surface area contributed by atoms with Gasteiger partial charge in [-0.2, -0.15) is 0 Å². The molecule has 2 aromatic heterocycles. The van der Waals surface area contributed by atoms with E-state index in [4.69, 9.17) is 0 Å². The molecule has 0 bridgehead atoms. The van der Waals surface area contributed by atoms with E-state index in [1.165, 1.54) is 27.4 Å². The van der Waals surface area contributed by atoms with E-state index in [0.29, 0.717) is 4.69 Å². The Morgan fingerprint density at radius 3 is 1.97 bits per heavy atom. The first-order valence-electron chi connectivity index (χ1n) is 11.2. The molecule has 2 heterocycles. The second-order valence-corrected chi connectivity index (χ2v) is 9.77. The lowest BCUT2D eigenvalue weighted by molar-refractivity contribution is 1.14. The molecule has 157 valence electrons. The van der Waals surface area contributed by atoms with Crippen molar-refractivity contribution in [3.63, 3.8) is 0 Å². The van der Waals surface area contributed by atoms with Crippen molar-refractivity contribution in [3.8, 4) is 28.2 Å². The van der Waals surface area contributed by atoms with Crippen LogP contribution in [-0.4, -0.2) is 51.0 Å². The van der Waals surface area contributed by atoms with E-state index in [2.05, 4.69) is 139 Å². The zero-order valence-corrected chi connectivity index (χ0v) is 21.0. The first kappa shape index (κ1) is 21.3. The van der Waals surface area contributed by atoms with Crippen molar-refractivity contribution in [2.24, 2.45) is 0 Å². The molecule has 4 aromatic carbocycles. The standard InChI is InChI=1S/C27H16N4.CH3.2Al/c1-3-10-25-23(8-1)24-9-2-4-11-26(24)31(25)22-7-5-6-21(16-22)19-12-14-20(15-13-19)27-29-17-28-18-30-27;;;/h1-16H;1H3;;. The number of hydrogen-bond donors (Lipinski definition) is 0. The number of nitrogens with zero attached hydrogens (tertiary/aromatic N) is 4. The van der Waals surface area contributed by atoms with E-state index in [0.717, 1.165) is 27.3 Å². The summed E-state index contributed by atoms with van der Waals surface area (Å²) in [5.74, 6) is 2.87. The second kappa shape index (κ2) is 8.84. The van der Waals surface area contributed by atoms with Gasteiger partial charge in [0.2, 0.25) is 16.3 Å². The molecule has 0 fully saturated rings. The molecule has 0 unspecified atom stereocenters. The average Bonchev–Trinajstić information content (AvgIpc) is 3.23. The molecule has 6 aromatic rings. The van der Waals surface area contributed by atoms with Crippen molar-refractivity contribution in [1.29, 1.82) is 0 Å². The van der Waals surface area contributed by atoms with E-state index >= 15 is 0 Å². The van der Waals surface area contributed by atoms with Crippen molar-refractivity contribution in [3.05, 3.63) is 97.1 Å². The number of aromatic nitrogens is 4.